The second-order valence-corrected chi connectivity index (χ2v) is 8.54. The Morgan fingerprint density at radius 3 is 2.61 bits per heavy atom. The Morgan fingerprint density at radius 2 is 1.81 bits per heavy atom. The van der Waals surface area contributed by atoms with Gasteiger partial charge in [-0.1, -0.05) is 30.3 Å². The molecule has 2 saturated heterocycles. The van der Waals surface area contributed by atoms with Crippen molar-refractivity contribution in [2.75, 3.05) is 45.9 Å². The molecule has 164 valence electrons. The first kappa shape index (κ1) is 20.3. The number of benzene rings is 2. The first-order valence-corrected chi connectivity index (χ1v) is 11.1. The van der Waals surface area contributed by atoms with E-state index in [1.165, 1.54) is 11.1 Å². The fraction of sp³-hybridized carbons (Fsp3) is 0.458. The van der Waals surface area contributed by atoms with Crippen LogP contribution in [0.1, 0.15) is 22.7 Å². The molecule has 0 spiro atoms. The molecular weight excluding hydrogens is 392 g/mol. The minimum atomic E-state index is -0.134. The van der Waals surface area contributed by atoms with E-state index < -0.39 is 0 Å². The molecule has 2 aromatic carbocycles. The van der Waals surface area contributed by atoms with Crippen LogP contribution in [0.5, 0.6) is 11.5 Å². The maximum Gasteiger partial charge on any atom is 0.229 e. The van der Waals surface area contributed by atoms with E-state index in [2.05, 4.69) is 46.9 Å². The van der Waals surface area contributed by atoms with Crippen molar-refractivity contribution >= 4 is 5.91 Å². The molecule has 3 heterocycles. The van der Waals surface area contributed by atoms with E-state index in [1.807, 2.05) is 23.1 Å². The molecule has 0 aliphatic carbocycles. The van der Waals surface area contributed by atoms with E-state index >= 15 is 0 Å². The van der Waals surface area contributed by atoms with Gasteiger partial charge >= 0.3 is 0 Å². The van der Waals surface area contributed by atoms with Crippen LogP contribution in [0.4, 0.5) is 0 Å². The molecule has 0 saturated carbocycles. The topological polar surface area (TPSA) is 66.1 Å². The standard InChI is InChI=1S/C24H30N4O3/c1-17-4-2-3-5-19(17)16-27-8-10-28(11-9-27)24(29)20-15-25-26-23(20)18-6-7-21-22(14-18)31-13-12-30-21/h2-7,14,20,23,25-26H,8-13,15-16H2,1H3. The number of hydrogen-bond acceptors (Lipinski definition) is 6. The maximum atomic E-state index is 13.4. The monoisotopic (exact) mass is 422 g/mol. The molecule has 1 amide bonds. The summed E-state index contributed by atoms with van der Waals surface area (Å²) in [6.45, 7) is 8.22. The number of hydrazine groups is 1. The number of piperazine rings is 1. The van der Waals surface area contributed by atoms with Crippen molar-refractivity contribution in [1.29, 1.82) is 0 Å². The third kappa shape index (κ3) is 4.26. The van der Waals surface area contributed by atoms with Crippen LogP contribution in [0.25, 0.3) is 0 Å². The molecule has 2 unspecified atom stereocenters. The van der Waals surface area contributed by atoms with Crippen molar-refractivity contribution in [2.45, 2.75) is 19.5 Å². The lowest BCUT2D eigenvalue weighted by molar-refractivity contribution is -0.137. The number of carbonyl (C=O) groups excluding carboxylic acids is 1. The Labute approximate surface area is 183 Å². The highest BCUT2D eigenvalue weighted by molar-refractivity contribution is 5.80. The molecule has 2 aromatic rings. The first-order chi connectivity index (χ1) is 15.2. The largest absolute Gasteiger partial charge is 0.486 e. The number of nitrogens with zero attached hydrogens (tertiary/aromatic N) is 2. The van der Waals surface area contributed by atoms with Gasteiger partial charge in [0.1, 0.15) is 13.2 Å². The van der Waals surface area contributed by atoms with E-state index in [4.69, 9.17) is 9.47 Å². The highest BCUT2D eigenvalue weighted by atomic mass is 16.6. The van der Waals surface area contributed by atoms with E-state index in [0.717, 1.165) is 49.8 Å². The molecule has 0 radical (unpaired) electrons. The van der Waals surface area contributed by atoms with Crippen LogP contribution in [0.2, 0.25) is 0 Å². The zero-order valence-electron chi connectivity index (χ0n) is 18.0. The van der Waals surface area contributed by atoms with Crippen molar-refractivity contribution in [3.63, 3.8) is 0 Å². The lowest BCUT2D eigenvalue weighted by atomic mass is 9.93. The van der Waals surface area contributed by atoms with Gasteiger partial charge in [0.15, 0.2) is 11.5 Å². The fourth-order valence-corrected chi connectivity index (χ4v) is 4.69. The number of fused-ring (bicyclic) bond motifs is 1. The Balaban J connectivity index is 1.22. The fourth-order valence-electron chi connectivity index (χ4n) is 4.69. The number of hydrogen-bond donors (Lipinski definition) is 2. The minimum absolute atomic E-state index is 0.0756. The molecule has 7 nitrogen and oxygen atoms in total. The van der Waals surface area contributed by atoms with Gasteiger partial charge in [-0.3, -0.25) is 15.1 Å². The molecule has 7 heteroatoms. The Morgan fingerprint density at radius 1 is 1.03 bits per heavy atom. The zero-order chi connectivity index (χ0) is 21.2. The Bertz CT molecular complexity index is 942. The van der Waals surface area contributed by atoms with Gasteiger partial charge in [0.05, 0.1) is 12.0 Å². The molecule has 2 atom stereocenters. The molecule has 3 aliphatic rings. The summed E-state index contributed by atoms with van der Waals surface area (Å²) in [5.74, 6) is 1.61. The van der Waals surface area contributed by atoms with Crippen LogP contribution in [0, 0.1) is 12.8 Å². The number of aryl methyl sites for hydroxylation is 1. The number of carbonyl (C=O) groups is 1. The third-order valence-electron chi connectivity index (χ3n) is 6.56. The molecule has 2 fully saturated rings. The Kier molecular flexibility index (Phi) is 5.80. The van der Waals surface area contributed by atoms with Gasteiger partial charge in [-0.15, -0.1) is 0 Å². The van der Waals surface area contributed by atoms with E-state index in [9.17, 15) is 4.79 Å². The number of rotatable bonds is 4. The average Bonchev–Trinajstić information content (AvgIpc) is 3.30. The molecule has 3 aliphatic heterocycles. The summed E-state index contributed by atoms with van der Waals surface area (Å²) in [5.41, 5.74) is 10.2. The van der Waals surface area contributed by atoms with Gasteiger partial charge in [-0.2, -0.15) is 0 Å². The smallest absolute Gasteiger partial charge is 0.229 e. The SMILES string of the molecule is Cc1ccccc1CN1CCN(C(=O)C2CNNC2c2ccc3c(c2)OCCO3)CC1. The lowest BCUT2D eigenvalue weighted by Gasteiger charge is -2.36. The number of ether oxygens (including phenoxy) is 2. The van der Waals surface area contributed by atoms with Gasteiger partial charge in [0.25, 0.3) is 0 Å². The number of nitrogens with one attached hydrogen (secondary N) is 2. The van der Waals surface area contributed by atoms with Crippen molar-refractivity contribution in [1.82, 2.24) is 20.7 Å². The molecule has 5 rings (SSSR count). The predicted octanol–water partition coefficient (Wildman–Crippen LogP) is 1.88. The molecule has 31 heavy (non-hydrogen) atoms. The van der Waals surface area contributed by atoms with Crippen LogP contribution >= 0.6 is 0 Å². The minimum Gasteiger partial charge on any atom is -0.486 e. The maximum absolute atomic E-state index is 13.4. The first-order valence-electron chi connectivity index (χ1n) is 11.1. The van der Waals surface area contributed by atoms with Crippen molar-refractivity contribution < 1.29 is 14.3 Å². The van der Waals surface area contributed by atoms with Crippen LogP contribution in [0.15, 0.2) is 42.5 Å². The van der Waals surface area contributed by atoms with Gasteiger partial charge < -0.3 is 14.4 Å². The third-order valence-corrected chi connectivity index (χ3v) is 6.56. The van der Waals surface area contributed by atoms with Gasteiger partial charge in [-0.05, 0) is 35.7 Å². The van der Waals surface area contributed by atoms with Crippen LogP contribution in [-0.2, 0) is 11.3 Å². The summed E-state index contributed by atoms with van der Waals surface area (Å²) in [5, 5.41) is 0. The summed E-state index contributed by atoms with van der Waals surface area (Å²) in [6.07, 6.45) is 0. The van der Waals surface area contributed by atoms with Crippen molar-refractivity contribution in [3.8, 4) is 11.5 Å². The summed E-state index contributed by atoms with van der Waals surface area (Å²) < 4.78 is 11.4. The van der Waals surface area contributed by atoms with Gasteiger partial charge in [0, 0.05) is 39.3 Å². The van der Waals surface area contributed by atoms with E-state index in [0.29, 0.717) is 19.8 Å². The summed E-state index contributed by atoms with van der Waals surface area (Å²) in [4.78, 5) is 17.8. The number of amides is 1. The van der Waals surface area contributed by atoms with Crippen LogP contribution in [0.3, 0.4) is 0 Å². The highest BCUT2D eigenvalue weighted by Crippen LogP contribution is 2.35. The molecule has 2 N–H and O–H groups in total. The van der Waals surface area contributed by atoms with Crippen molar-refractivity contribution in [3.05, 3.63) is 59.2 Å². The molecule has 0 aromatic heterocycles. The molecule has 0 bridgehead atoms. The second kappa shape index (κ2) is 8.86. The highest BCUT2D eigenvalue weighted by Gasteiger charge is 2.37. The molecular formula is C24H30N4O3. The van der Waals surface area contributed by atoms with Crippen molar-refractivity contribution in [2.24, 2.45) is 5.92 Å². The Hall–Kier alpha value is -2.61. The summed E-state index contributed by atoms with van der Waals surface area (Å²) >= 11 is 0. The van der Waals surface area contributed by atoms with Crippen LogP contribution < -0.4 is 20.3 Å². The quantitative estimate of drug-likeness (QED) is 0.784. The predicted molar refractivity (Wildman–Crippen MR) is 118 cm³/mol. The zero-order valence-corrected chi connectivity index (χ0v) is 18.0. The van der Waals surface area contributed by atoms with E-state index in [-0.39, 0.29) is 17.9 Å². The second-order valence-electron chi connectivity index (χ2n) is 8.54. The van der Waals surface area contributed by atoms with Gasteiger partial charge in [0.2, 0.25) is 5.91 Å². The lowest BCUT2D eigenvalue weighted by Crippen LogP contribution is -2.50. The van der Waals surface area contributed by atoms with Gasteiger partial charge in [-0.25, -0.2) is 5.43 Å². The normalized spacial score (nSPS) is 23.7. The van der Waals surface area contributed by atoms with Crippen LogP contribution in [-0.4, -0.2) is 61.6 Å². The van der Waals surface area contributed by atoms with E-state index in [1.54, 1.807) is 0 Å². The summed E-state index contributed by atoms with van der Waals surface area (Å²) in [6, 6.07) is 14.4. The average molecular weight is 423 g/mol. The summed E-state index contributed by atoms with van der Waals surface area (Å²) in [7, 11) is 0.